The number of aliphatic hydroxyl groups excluding tert-OH is 1. The fourth-order valence-corrected chi connectivity index (χ4v) is 2.53. The molecule has 0 spiro atoms. The van der Waals surface area contributed by atoms with Crippen LogP contribution in [0, 0.1) is 0 Å². The normalized spacial score (nSPS) is 18.3. The van der Waals surface area contributed by atoms with Gasteiger partial charge in [0.15, 0.2) is 5.13 Å². The van der Waals surface area contributed by atoms with Crippen LogP contribution in [0.3, 0.4) is 0 Å². The van der Waals surface area contributed by atoms with Crippen molar-refractivity contribution < 1.29 is 5.11 Å². The van der Waals surface area contributed by atoms with Gasteiger partial charge in [0.05, 0.1) is 0 Å². The minimum Gasteiger partial charge on any atom is -0.396 e. The predicted molar refractivity (Wildman–Crippen MR) is 62.5 cm³/mol. The molecule has 15 heavy (non-hydrogen) atoms. The van der Waals surface area contributed by atoms with Gasteiger partial charge in [-0.3, -0.25) is 4.90 Å². The Bertz CT molecular complexity index is 270. The topological polar surface area (TPSA) is 39.6 Å². The van der Waals surface area contributed by atoms with Gasteiger partial charge in [-0.2, -0.15) is 0 Å². The Balaban J connectivity index is 1.77. The van der Waals surface area contributed by atoms with Gasteiger partial charge >= 0.3 is 0 Å². The lowest BCUT2D eigenvalue weighted by molar-refractivity contribution is 0.216. The van der Waals surface area contributed by atoms with Crippen molar-refractivity contribution in [3.05, 3.63) is 11.6 Å². The highest BCUT2D eigenvalue weighted by molar-refractivity contribution is 7.13. The first-order valence-corrected chi connectivity index (χ1v) is 6.26. The van der Waals surface area contributed by atoms with Gasteiger partial charge in [-0.15, -0.1) is 11.3 Å². The highest BCUT2D eigenvalue weighted by Crippen LogP contribution is 2.18. The number of rotatable bonds is 4. The smallest absolute Gasteiger partial charge is 0.185 e. The van der Waals surface area contributed by atoms with Gasteiger partial charge in [0.25, 0.3) is 0 Å². The van der Waals surface area contributed by atoms with Crippen molar-refractivity contribution in [2.75, 3.05) is 44.2 Å². The molecule has 1 aliphatic rings. The van der Waals surface area contributed by atoms with Crippen LogP contribution in [0.5, 0.6) is 0 Å². The van der Waals surface area contributed by atoms with Gasteiger partial charge in [-0.05, 0) is 6.42 Å². The number of anilines is 1. The van der Waals surface area contributed by atoms with Gasteiger partial charge in [0.1, 0.15) is 0 Å². The fraction of sp³-hybridized carbons (Fsp3) is 0.700. The van der Waals surface area contributed by atoms with E-state index in [0.717, 1.165) is 44.3 Å². The van der Waals surface area contributed by atoms with Crippen molar-refractivity contribution in [3.8, 4) is 0 Å². The van der Waals surface area contributed by atoms with E-state index in [0.29, 0.717) is 6.61 Å². The molecular formula is C10H17N3OS. The van der Waals surface area contributed by atoms with Crippen LogP contribution in [0.1, 0.15) is 6.42 Å². The molecule has 0 unspecified atom stereocenters. The van der Waals surface area contributed by atoms with E-state index in [9.17, 15) is 0 Å². The zero-order valence-electron chi connectivity index (χ0n) is 8.80. The van der Waals surface area contributed by atoms with Gasteiger partial charge in [0.2, 0.25) is 0 Å². The summed E-state index contributed by atoms with van der Waals surface area (Å²) in [5.74, 6) is 0. The Morgan fingerprint density at radius 3 is 2.73 bits per heavy atom. The van der Waals surface area contributed by atoms with Crippen LogP contribution in [-0.4, -0.2) is 54.3 Å². The number of thiazole rings is 1. The maximum atomic E-state index is 8.75. The lowest BCUT2D eigenvalue weighted by Crippen LogP contribution is -2.46. The second-order valence-electron chi connectivity index (χ2n) is 3.72. The fourth-order valence-electron chi connectivity index (χ4n) is 1.83. The Hall–Kier alpha value is -0.650. The number of aliphatic hydroxyl groups is 1. The summed E-state index contributed by atoms with van der Waals surface area (Å²) in [6.45, 7) is 5.59. The predicted octanol–water partition coefficient (Wildman–Crippen LogP) is 0.647. The zero-order valence-corrected chi connectivity index (χ0v) is 9.62. The Labute approximate surface area is 94.2 Å². The maximum Gasteiger partial charge on any atom is 0.185 e. The van der Waals surface area contributed by atoms with Gasteiger partial charge < -0.3 is 10.0 Å². The quantitative estimate of drug-likeness (QED) is 0.820. The van der Waals surface area contributed by atoms with Crippen LogP contribution >= 0.6 is 11.3 Å². The lowest BCUT2D eigenvalue weighted by Gasteiger charge is -2.34. The largest absolute Gasteiger partial charge is 0.396 e. The third-order valence-electron chi connectivity index (χ3n) is 2.69. The van der Waals surface area contributed by atoms with E-state index < -0.39 is 0 Å². The number of piperazine rings is 1. The molecule has 0 atom stereocenters. The molecule has 5 heteroatoms. The zero-order chi connectivity index (χ0) is 10.5. The van der Waals surface area contributed by atoms with E-state index >= 15 is 0 Å². The van der Waals surface area contributed by atoms with Crippen molar-refractivity contribution in [3.63, 3.8) is 0 Å². The summed E-state index contributed by atoms with van der Waals surface area (Å²) in [5, 5.41) is 11.9. The molecular weight excluding hydrogens is 210 g/mol. The molecule has 0 amide bonds. The molecule has 2 rings (SSSR count). The average Bonchev–Trinajstić information content (AvgIpc) is 2.80. The minimum atomic E-state index is 0.298. The molecule has 1 fully saturated rings. The standard InChI is InChI=1S/C10H17N3OS/c14-8-1-3-12-4-6-13(7-5-12)10-11-2-9-15-10/h2,9,14H,1,3-8H2. The van der Waals surface area contributed by atoms with E-state index in [2.05, 4.69) is 14.8 Å². The first-order chi connectivity index (χ1) is 7.40. The maximum absolute atomic E-state index is 8.75. The molecule has 1 aromatic rings. The van der Waals surface area contributed by atoms with Crippen molar-refractivity contribution in [2.45, 2.75) is 6.42 Å². The van der Waals surface area contributed by atoms with Crippen LogP contribution in [0.2, 0.25) is 0 Å². The van der Waals surface area contributed by atoms with Crippen LogP contribution in [0.4, 0.5) is 5.13 Å². The minimum absolute atomic E-state index is 0.298. The second kappa shape index (κ2) is 5.44. The van der Waals surface area contributed by atoms with Crippen molar-refractivity contribution in [1.82, 2.24) is 9.88 Å². The van der Waals surface area contributed by atoms with Crippen molar-refractivity contribution >= 4 is 16.5 Å². The average molecular weight is 227 g/mol. The number of nitrogens with zero attached hydrogens (tertiary/aromatic N) is 3. The van der Waals surface area contributed by atoms with E-state index in [4.69, 9.17) is 5.11 Å². The van der Waals surface area contributed by atoms with E-state index in [1.165, 1.54) is 0 Å². The van der Waals surface area contributed by atoms with E-state index in [-0.39, 0.29) is 0 Å². The Kier molecular flexibility index (Phi) is 3.94. The Morgan fingerprint density at radius 2 is 2.13 bits per heavy atom. The molecule has 0 aromatic carbocycles. The highest BCUT2D eigenvalue weighted by Gasteiger charge is 2.17. The number of aromatic nitrogens is 1. The lowest BCUT2D eigenvalue weighted by atomic mass is 10.3. The molecule has 1 N–H and O–H groups in total. The molecule has 0 radical (unpaired) electrons. The molecule has 4 nitrogen and oxygen atoms in total. The van der Waals surface area contributed by atoms with Crippen LogP contribution in [-0.2, 0) is 0 Å². The third kappa shape index (κ3) is 2.90. The molecule has 84 valence electrons. The molecule has 2 heterocycles. The highest BCUT2D eigenvalue weighted by atomic mass is 32.1. The monoisotopic (exact) mass is 227 g/mol. The van der Waals surface area contributed by atoms with Gasteiger partial charge in [-0.25, -0.2) is 4.98 Å². The molecule has 1 aromatic heterocycles. The summed E-state index contributed by atoms with van der Waals surface area (Å²) in [5.41, 5.74) is 0. The summed E-state index contributed by atoms with van der Waals surface area (Å²) in [6, 6.07) is 0. The molecule has 0 aliphatic carbocycles. The van der Waals surface area contributed by atoms with Crippen LogP contribution in [0.25, 0.3) is 0 Å². The molecule has 1 saturated heterocycles. The van der Waals surface area contributed by atoms with E-state index in [1.54, 1.807) is 11.3 Å². The molecule has 0 saturated carbocycles. The first-order valence-electron chi connectivity index (χ1n) is 5.38. The Morgan fingerprint density at radius 1 is 1.33 bits per heavy atom. The molecule has 0 bridgehead atoms. The summed E-state index contributed by atoms with van der Waals surface area (Å²) >= 11 is 1.70. The van der Waals surface area contributed by atoms with Crippen LogP contribution in [0.15, 0.2) is 11.6 Å². The van der Waals surface area contributed by atoms with Gasteiger partial charge in [0, 0.05) is 50.9 Å². The summed E-state index contributed by atoms with van der Waals surface area (Å²) in [4.78, 5) is 9.05. The first kappa shape index (κ1) is 10.9. The summed E-state index contributed by atoms with van der Waals surface area (Å²) < 4.78 is 0. The number of hydrogen-bond donors (Lipinski definition) is 1. The van der Waals surface area contributed by atoms with Crippen molar-refractivity contribution in [1.29, 1.82) is 0 Å². The van der Waals surface area contributed by atoms with Crippen molar-refractivity contribution in [2.24, 2.45) is 0 Å². The third-order valence-corrected chi connectivity index (χ3v) is 3.53. The summed E-state index contributed by atoms with van der Waals surface area (Å²) in [7, 11) is 0. The van der Waals surface area contributed by atoms with Crippen LogP contribution < -0.4 is 4.90 Å². The summed E-state index contributed by atoms with van der Waals surface area (Å²) in [6.07, 6.45) is 2.75. The van der Waals surface area contributed by atoms with E-state index in [1.807, 2.05) is 11.6 Å². The number of hydrogen-bond acceptors (Lipinski definition) is 5. The molecule has 1 aliphatic heterocycles. The van der Waals surface area contributed by atoms with Gasteiger partial charge in [-0.1, -0.05) is 0 Å². The SMILES string of the molecule is OCCCN1CCN(c2nccs2)CC1. The second-order valence-corrected chi connectivity index (χ2v) is 4.59.